The van der Waals surface area contributed by atoms with Gasteiger partial charge >= 0.3 is 0 Å². The highest BCUT2D eigenvalue weighted by Gasteiger charge is 2.23. The zero-order chi connectivity index (χ0) is 25.3. The van der Waals surface area contributed by atoms with Crippen LogP contribution in [0, 0.1) is 17.0 Å². The maximum atomic E-state index is 13.0. The molecule has 186 valence electrons. The smallest absolute Gasteiger partial charge is 0.271 e. The van der Waals surface area contributed by atoms with Crippen molar-refractivity contribution in [1.82, 2.24) is 4.31 Å². The number of sulfonamides is 1. The van der Waals surface area contributed by atoms with Crippen molar-refractivity contribution < 1.29 is 18.1 Å². The average molecular weight is 492 g/mol. The summed E-state index contributed by atoms with van der Waals surface area (Å²) >= 11 is 0. The molecular formula is C23H33N5O5S. The fourth-order valence-electron chi connectivity index (χ4n) is 3.32. The number of hydrogen-bond donors (Lipinski definition) is 3. The lowest BCUT2D eigenvalue weighted by atomic mass is 10.2. The van der Waals surface area contributed by atoms with Gasteiger partial charge in [0, 0.05) is 31.8 Å². The second-order valence-corrected chi connectivity index (χ2v) is 9.67. The van der Waals surface area contributed by atoms with Gasteiger partial charge in [-0.1, -0.05) is 33.3 Å². The fourth-order valence-corrected chi connectivity index (χ4v) is 4.81. The summed E-state index contributed by atoms with van der Waals surface area (Å²) in [5.41, 5.74) is 2.08. The first-order valence-corrected chi connectivity index (χ1v) is 12.7. The van der Waals surface area contributed by atoms with Crippen molar-refractivity contribution in [3.05, 3.63) is 52.1 Å². The molecule has 0 fully saturated rings. The highest BCUT2D eigenvalue weighted by Crippen LogP contribution is 2.28. The molecule has 2 rings (SSSR count). The maximum Gasteiger partial charge on any atom is 0.271 e. The molecule has 34 heavy (non-hydrogen) atoms. The number of nitrogens with one attached hydrogen (secondary N) is 3. The summed E-state index contributed by atoms with van der Waals surface area (Å²) in [5.74, 6) is -0.417. The summed E-state index contributed by atoms with van der Waals surface area (Å²) in [5, 5.41) is 20.0. The first-order valence-electron chi connectivity index (χ1n) is 11.3. The molecule has 0 atom stereocenters. The SMILES string of the molecule is CCCCNc1ccc(S(=O)(=O)N(CC)CC)cc1NCC(=O)Nc1cc([N+](=O)[O-])ccc1C. The molecular weight excluding hydrogens is 458 g/mol. The van der Waals surface area contributed by atoms with Crippen LogP contribution in [0.2, 0.25) is 0 Å². The number of carbonyl (C=O) groups excluding carboxylic acids is 1. The number of carbonyl (C=O) groups is 1. The number of amides is 1. The lowest BCUT2D eigenvalue weighted by Gasteiger charge is -2.20. The third kappa shape index (κ3) is 6.91. The van der Waals surface area contributed by atoms with Crippen LogP contribution in [0.5, 0.6) is 0 Å². The van der Waals surface area contributed by atoms with Gasteiger partial charge in [0.15, 0.2) is 0 Å². The Balaban J connectivity index is 2.25. The molecule has 0 aromatic heterocycles. The Kier molecular flexibility index (Phi) is 9.82. The van der Waals surface area contributed by atoms with Gasteiger partial charge in [-0.25, -0.2) is 8.42 Å². The summed E-state index contributed by atoms with van der Waals surface area (Å²) in [6.45, 7) is 8.62. The minimum Gasteiger partial charge on any atom is -0.383 e. The second kappa shape index (κ2) is 12.3. The molecule has 0 aliphatic carbocycles. The minimum absolute atomic E-state index is 0.120. The standard InChI is InChI=1S/C23H33N5O5S/c1-5-8-13-24-20-12-11-19(34(32,33)27(6-2)7-3)15-22(20)25-16-23(29)26-21-14-18(28(30)31)10-9-17(21)4/h9-12,14-15,24-25H,5-8,13,16H2,1-4H3,(H,26,29). The Bertz CT molecular complexity index is 1120. The Morgan fingerprint density at radius 2 is 1.71 bits per heavy atom. The van der Waals surface area contributed by atoms with Gasteiger partial charge in [0.05, 0.1) is 33.4 Å². The molecule has 2 aromatic carbocycles. The quantitative estimate of drug-likeness (QED) is 0.217. The van der Waals surface area contributed by atoms with Gasteiger partial charge in [-0.3, -0.25) is 14.9 Å². The van der Waals surface area contributed by atoms with Crippen LogP contribution in [-0.2, 0) is 14.8 Å². The van der Waals surface area contributed by atoms with Crippen molar-refractivity contribution in [2.45, 2.75) is 45.4 Å². The van der Waals surface area contributed by atoms with Gasteiger partial charge in [0.2, 0.25) is 15.9 Å². The predicted octanol–water partition coefficient (Wildman–Crippen LogP) is 4.20. The Labute approximate surface area is 200 Å². The monoisotopic (exact) mass is 491 g/mol. The number of nitro groups is 1. The molecule has 1 amide bonds. The van der Waals surface area contributed by atoms with E-state index in [0.717, 1.165) is 12.8 Å². The number of rotatable bonds is 13. The van der Waals surface area contributed by atoms with Crippen LogP contribution in [-0.4, -0.2) is 49.7 Å². The topological polar surface area (TPSA) is 134 Å². The van der Waals surface area contributed by atoms with Gasteiger partial charge in [0.1, 0.15) is 0 Å². The van der Waals surface area contributed by atoms with Crippen LogP contribution < -0.4 is 16.0 Å². The van der Waals surface area contributed by atoms with Gasteiger partial charge in [-0.15, -0.1) is 0 Å². The summed E-state index contributed by atoms with van der Waals surface area (Å²) in [6, 6.07) is 9.02. The van der Waals surface area contributed by atoms with E-state index in [0.29, 0.717) is 42.3 Å². The van der Waals surface area contributed by atoms with Crippen LogP contribution in [0.3, 0.4) is 0 Å². The number of benzene rings is 2. The van der Waals surface area contributed by atoms with E-state index in [1.165, 1.54) is 22.5 Å². The molecule has 0 unspecified atom stereocenters. The van der Waals surface area contributed by atoms with Crippen molar-refractivity contribution in [2.75, 3.05) is 42.1 Å². The maximum absolute atomic E-state index is 13.0. The van der Waals surface area contributed by atoms with Gasteiger partial charge < -0.3 is 16.0 Å². The minimum atomic E-state index is -3.67. The molecule has 3 N–H and O–H groups in total. The average Bonchev–Trinajstić information content (AvgIpc) is 2.80. The third-order valence-corrected chi connectivity index (χ3v) is 7.37. The van der Waals surface area contributed by atoms with Gasteiger partial charge in [0.25, 0.3) is 5.69 Å². The lowest BCUT2D eigenvalue weighted by Crippen LogP contribution is -2.30. The largest absolute Gasteiger partial charge is 0.383 e. The van der Waals surface area contributed by atoms with E-state index >= 15 is 0 Å². The number of unbranched alkanes of at least 4 members (excludes halogenated alkanes) is 1. The van der Waals surface area contributed by atoms with E-state index < -0.39 is 20.9 Å². The van der Waals surface area contributed by atoms with Gasteiger partial charge in [-0.2, -0.15) is 4.31 Å². The molecule has 0 aliphatic rings. The molecule has 0 heterocycles. The molecule has 10 nitrogen and oxygen atoms in total. The van der Waals surface area contributed by atoms with E-state index in [1.54, 1.807) is 39.0 Å². The molecule has 0 spiro atoms. The summed E-state index contributed by atoms with van der Waals surface area (Å²) in [4.78, 5) is 23.2. The number of hydrogen-bond acceptors (Lipinski definition) is 7. The number of aryl methyl sites for hydroxylation is 1. The van der Waals surface area contributed by atoms with Crippen LogP contribution in [0.1, 0.15) is 39.2 Å². The van der Waals surface area contributed by atoms with Crippen molar-refractivity contribution in [2.24, 2.45) is 0 Å². The zero-order valence-electron chi connectivity index (χ0n) is 20.1. The van der Waals surface area contributed by atoms with Crippen LogP contribution in [0.4, 0.5) is 22.7 Å². The normalized spacial score (nSPS) is 11.3. The number of nitrogens with zero attached hydrogens (tertiary/aromatic N) is 2. The molecule has 0 aliphatic heterocycles. The van der Waals surface area contributed by atoms with E-state index in [9.17, 15) is 23.3 Å². The molecule has 2 aromatic rings. The molecule has 0 bridgehead atoms. The zero-order valence-corrected chi connectivity index (χ0v) is 20.9. The van der Waals surface area contributed by atoms with Crippen LogP contribution in [0.15, 0.2) is 41.3 Å². The number of anilines is 3. The van der Waals surface area contributed by atoms with Crippen molar-refractivity contribution in [3.63, 3.8) is 0 Å². The van der Waals surface area contributed by atoms with Crippen LogP contribution in [0.25, 0.3) is 0 Å². The molecule has 0 radical (unpaired) electrons. The first kappa shape index (κ1) is 27.1. The van der Waals surface area contributed by atoms with E-state index in [-0.39, 0.29) is 17.1 Å². The Morgan fingerprint density at radius 3 is 2.32 bits per heavy atom. The lowest BCUT2D eigenvalue weighted by molar-refractivity contribution is -0.384. The molecule has 0 saturated heterocycles. The van der Waals surface area contributed by atoms with E-state index in [2.05, 4.69) is 22.9 Å². The Hall–Kier alpha value is -3.18. The van der Waals surface area contributed by atoms with Gasteiger partial charge in [-0.05, 0) is 37.1 Å². The second-order valence-electron chi connectivity index (χ2n) is 7.74. The molecule has 0 saturated carbocycles. The Morgan fingerprint density at radius 1 is 1.00 bits per heavy atom. The van der Waals surface area contributed by atoms with Crippen molar-refractivity contribution in [1.29, 1.82) is 0 Å². The number of nitro benzene ring substituents is 1. The highest BCUT2D eigenvalue weighted by atomic mass is 32.2. The number of non-ortho nitro benzene ring substituents is 1. The summed E-state index contributed by atoms with van der Waals surface area (Å²) in [7, 11) is -3.67. The summed E-state index contributed by atoms with van der Waals surface area (Å²) < 4.78 is 27.3. The molecule has 11 heteroatoms. The summed E-state index contributed by atoms with van der Waals surface area (Å²) in [6.07, 6.45) is 1.93. The van der Waals surface area contributed by atoms with Crippen molar-refractivity contribution in [3.8, 4) is 0 Å². The first-order chi connectivity index (χ1) is 16.1. The predicted molar refractivity (Wildman–Crippen MR) is 135 cm³/mol. The van der Waals surface area contributed by atoms with E-state index in [4.69, 9.17) is 0 Å². The van der Waals surface area contributed by atoms with E-state index in [1.807, 2.05) is 0 Å². The van der Waals surface area contributed by atoms with Crippen molar-refractivity contribution >= 4 is 38.7 Å². The van der Waals surface area contributed by atoms with Crippen LogP contribution >= 0.6 is 0 Å². The fraction of sp³-hybridized carbons (Fsp3) is 0.435. The third-order valence-electron chi connectivity index (χ3n) is 5.33. The highest BCUT2D eigenvalue weighted by molar-refractivity contribution is 7.89.